The number of hydrogen-bond acceptors (Lipinski definition) is 3. The van der Waals surface area contributed by atoms with E-state index in [1.54, 1.807) is 11.1 Å². The number of phenols is 1. The average Bonchev–Trinajstić information content (AvgIpc) is 0.731. The zero-order chi connectivity index (χ0) is 80.6. The second-order valence-electron chi connectivity index (χ2n) is 37.3. The largest absolute Gasteiger partial charge is 0.507 e. The Bertz CT molecular complexity index is 1990. The Labute approximate surface area is 704 Å². The van der Waals surface area contributed by atoms with Crippen LogP contribution in [0.5, 0.6) is 5.75 Å². The zero-order valence-electron chi connectivity index (χ0n) is 78.0. The number of phenolic OH excluding ortho intramolecular Hbond substituents is 1. The Morgan fingerprint density at radius 3 is 0.676 bits per heavy atom. The van der Waals surface area contributed by atoms with Crippen LogP contribution in [0.3, 0.4) is 0 Å². The van der Waals surface area contributed by atoms with Gasteiger partial charge < -0.3 is 10.2 Å². The topological polar surface area (TPSA) is 57.5 Å². The monoisotopic (exact) mass is 1570 g/mol. The third-order valence-corrected chi connectivity index (χ3v) is 28.7. The number of carbonyl (C=O) groups is 1. The molecule has 2 N–H and O–H groups in total. The summed E-state index contributed by atoms with van der Waals surface area (Å²) in [6, 6.07) is 0. The molecule has 0 bridgehead atoms. The fourth-order valence-electron chi connectivity index (χ4n) is 19.3. The van der Waals surface area contributed by atoms with Crippen molar-refractivity contribution in [1.29, 1.82) is 0 Å². The van der Waals surface area contributed by atoms with Crippen molar-refractivity contribution in [2.45, 2.75) is 643 Å². The number of unbranched alkanes of at least 4 members (excludes halogenated alkanes) is 72. The van der Waals surface area contributed by atoms with Crippen LogP contribution in [-0.2, 0) is 22.4 Å². The molecule has 1 aromatic rings. The minimum absolute atomic E-state index is 0.329. The van der Waals surface area contributed by atoms with E-state index in [2.05, 4.69) is 74.1 Å². The summed E-state index contributed by atoms with van der Waals surface area (Å²) in [6.07, 6.45) is 114. The van der Waals surface area contributed by atoms with E-state index in [4.69, 9.17) is 0 Å². The van der Waals surface area contributed by atoms with Crippen molar-refractivity contribution in [3.05, 3.63) is 27.8 Å². The van der Waals surface area contributed by atoms with Gasteiger partial charge in [0.2, 0.25) is 0 Å². The Balaban J connectivity index is 4.79. The van der Waals surface area contributed by atoms with Gasteiger partial charge in [-0.05, 0) is 99.3 Å². The van der Waals surface area contributed by atoms with Gasteiger partial charge >= 0.3 is 5.97 Å². The molecule has 4 heteroatoms. The van der Waals surface area contributed by atoms with Crippen LogP contribution in [0.25, 0.3) is 0 Å². The second-order valence-corrected chi connectivity index (χ2v) is 39.1. The lowest BCUT2D eigenvalue weighted by Crippen LogP contribution is -2.42. The van der Waals surface area contributed by atoms with E-state index < -0.39 is 10.7 Å². The number of carboxylic acid groups (broad SMARTS) is 1. The summed E-state index contributed by atoms with van der Waals surface area (Å²) in [7, 11) is 0. The molecule has 0 aliphatic heterocycles. The number of aromatic hydroxyl groups is 1. The number of rotatable bonds is 93. The van der Waals surface area contributed by atoms with Gasteiger partial charge in [-0.2, -0.15) is 0 Å². The van der Waals surface area contributed by atoms with Crippen molar-refractivity contribution in [2.24, 2.45) is 0 Å². The summed E-state index contributed by atoms with van der Waals surface area (Å²) in [5, 5.41) is 26.9. The van der Waals surface area contributed by atoms with E-state index in [9.17, 15) is 10.2 Å². The van der Waals surface area contributed by atoms with Gasteiger partial charge in [-0.25, -0.2) is 0 Å². The van der Waals surface area contributed by atoms with E-state index in [0.29, 0.717) is 11.7 Å². The maximum absolute atomic E-state index is 15.7. The van der Waals surface area contributed by atoms with Crippen molar-refractivity contribution in [3.63, 3.8) is 0 Å². The van der Waals surface area contributed by atoms with Gasteiger partial charge in [0.15, 0.2) is 0 Å². The Morgan fingerprint density at radius 2 is 0.450 bits per heavy atom. The standard InChI is InChI=1S/C107H206O3S/c1-10-18-26-34-42-50-58-66-74-82-90-99(91-83-75-67-59-51-43-35-27-19-11-2)102-101(93-85-77-69-61-53-45-37-29-21-13-4)103(100(98(9)104(102)108)92-84-76-68-60-52-44-36-28-20-12-3)106(94-86-78-70-62-54-46-38-30-22-14-5,95-87-79-71-63-55-47-39-31-23-15-6)111-107(105(109)110,96-88-80-72-64-56-48-40-32-24-16-7)97-89-81-73-65-57-49-41-33-25-17-8/h99,108H,10-97H2,1-9H3,(H,109,110). The average molecular weight is 1570 g/mol. The molecule has 0 radical (unpaired) electrons. The van der Waals surface area contributed by atoms with Gasteiger partial charge in [-0.1, -0.05) is 556 Å². The molecule has 0 aliphatic carbocycles. The molecule has 0 saturated heterocycles. The third-order valence-electron chi connectivity index (χ3n) is 26.7. The minimum Gasteiger partial charge on any atom is -0.507 e. The molecule has 0 fully saturated rings. The van der Waals surface area contributed by atoms with Gasteiger partial charge in [-0.3, -0.25) is 4.79 Å². The van der Waals surface area contributed by atoms with Crippen LogP contribution in [0.1, 0.15) is 641 Å². The van der Waals surface area contributed by atoms with Crippen LogP contribution < -0.4 is 0 Å². The normalized spacial score (nSPS) is 12.2. The van der Waals surface area contributed by atoms with Crippen LogP contribution in [-0.4, -0.2) is 20.9 Å². The zero-order valence-corrected chi connectivity index (χ0v) is 78.8. The summed E-state index contributed by atoms with van der Waals surface area (Å²) in [5.41, 5.74) is 7.31. The smallest absolute Gasteiger partial charge is 0.319 e. The van der Waals surface area contributed by atoms with Crippen LogP contribution in [0, 0.1) is 6.92 Å². The van der Waals surface area contributed by atoms with Gasteiger partial charge in [-0.15, -0.1) is 11.8 Å². The molecule has 0 aromatic heterocycles. The number of aliphatic carboxylic acids is 1. The lowest BCUT2D eigenvalue weighted by Gasteiger charge is -2.45. The van der Waals surface area contributed by atoms with Crippen LogP contribution >= 0.6 is 11.8 Å². The van der Waals surface area contributed by atoms with Gasteiger partial charge in [0.25, 0.3) is 0 Å². The Kier molecular flexibility index (Phi) is 80.2. The molecular weight excluding hydrogens is 1370 g/mol. The number of thioether (sulfide) groups is 1. The van der Waals surface area contributed by atoms with E-state index in [1.165, 1.54) is 518 Å². The lowest BCUT2D eigenvalue weighted by atomic mass is 9.73. The molecule has 0 aliphatic rings. The van der Waals surface area contributed by atoms with Crippen molar-refractivity contribution in [1.82, 2.24) is 0 Å². The second kappa shape index (κ2) is 82.5. The predicted molar refractivity (Wildman–Crippen MR) is 505 cm³/mol. The van der Waals surface area contributed by atoms with Crippen LogP contribution in [0.15, 0.2) is 0 Å². The first-order chi connectivity index (χ1) is 54.6. The quantitative estimate of drug-likeness (QED) is 0.0638. The van der Waals surface area contributed by atoms with Crippen molar-refractivity contribution in [3.8, 4) is 5.75 Å². The van der Waals surface area contributed by atoms with Crippen molar-refractivity contribution in [2.75, 3.05) is 0 Å². The highest BCUT2D eigenvalue weighted by molar-refractivity contribution is 8.02. The molecule has 0 spiro atoms. The van der Waals surface area contributed by atoms with Crippen LogP contribution in [0.2, 0.25) is 0 Å². The first-order valence-electron chi connectivity index (χ1n) is 52.4. The molecule has 0 amide bonds. The lowest BCUT2D eigenvalue weighted by molar-refractivity contribution is -0.140. The molecule has 658 valence electrons. The summed E-state index contributed by atoms with van der Waals surface area (Å²) in [4.78, 5) is 15.7. The summed E-state index contributed by atoms with van der Waals surface area (Å²) in [5.74, 6) is 0.525. The minimum atomic E-state index is -0.864. The number of benzene rings is 1. The molecule has 0 saturated carbocycles. The summed E-state index contributed by atoms with van der Waals surface area (Å²) < 4.78 is -1.22. The van der Waals surface area contributed by atoms with Gasteiger partial charge in [0.1, 0.15) is 10.5 Å². The van der Waals surface area contributed by atoms with Crippen molar-refractivity contribution >= 4 is 17.7 Å². The van der Waals surface area contributed by atoms with Gasteiger partial charge in [0, 0.05) is 10.3 Å². The number of carboxylic acids is 1. The molecule has 1 rings (SSSR count). The molecule has 0 atom stereocenters. The van der Waals surface area contributed by atoms with Crippen molar-refractivity contribution < 1.29 is 15.0 Å². The molecule has 3 nitrogen and oxygen atoms in total. The maximum atomic E-state index is 15.7. The SMILES string of the molecule is CCCCCCCCCCCCc1c(C)c(O)c(C(CCCCCCCCCCCC)CCCCCCCCCCCC)c(CCCCCCCCCCCC)c1C(CCCCCCCCCCCC)(CCCCCCCCCCCC)SC(CCCCCCCCCCCC)(CCCCCCCCCCCC)C(=O)O. The molecule has 0 heterocycles. The first kappa shape index (κ1) is 108. The van der Waals surface area contributed by atoms with Gasteiger partial charge in [0.05, 0.1) is 0 Å². The van der Waals surface area contributed by atoms with E-state index in [0.717, 1.165) is 64.2 Å². The van der Waals surface area contributed by atoms with Crippen LogP contribution in [0.4, 0.5) is 0 Å². The van der Waals surface area contributed by atoms with E-state index in [-0.39, 0.29) is 4.75 Å². The van der Waals surface area contributed by atoms with E-state index >= 15 is 4.79 Å². The molecular formula is C107H206O3S. The Morgan fingerprint density at radius 1 is 0.261 bits per heavy atom. The highest BCUT2D eigenvalue weighted by Gasteiger charge is 2.49. The summed E-state index contributed by atoms with van der Waals surface area (Å²) in [6.45, 7) is 21.2. The Hall–Kier alpha value is -1.16. The molecule has 111 heavy (non-hydrogen) atoms. The molecule has 0 unspecified atom stereocenters. The third kappa shape index (κ3) is 59.2. The van der Waals surface area contributed by atoms with E-state index in [1.807, 2.05) is 0 Å². The fraction of sp³-hybridized carbons (Fsp3) is 0.935. The first-order valence-corrected chi connectivity index (χ1v) is 53.3. The highest BCUT2D eigenvalue weighted by atomic mass is 32.2. The fourth-order valence-corrected chi connectivity index (χ4v) is 21.5. The highest BCUT2D eigenvalue weighted by Crippen LogP contribution is 2.59. The summed E-state index contributed by atoms with van der Waals surface area (Å²) >= 11 is 2.13. The maximum Gasteiger partial charge on any atom is 0.319 e. The predicted octanol–water partition coefficient (Wildman–Crippen LogP) is 39.3. The molecule has 1 aromatic carbocycles. The number of hydrogen-bond donors (Lipinski definition) is 2.